The number of ether oxygens (including phenoxy) is 2. The van der Waals surface area contributed by atoms with Crippen molar-refractivity contribution in [3.8, 4) is 0 Å². The van der Waals surface area contributed by atoms with Crippen LogP contribution in [0.1, 0.15) is 6.42 Å². The van der Waals surface area contributed by atoms with Gasteiger partial charge in [-0.25, -0.2) is 0 Å². The monoisotopic (exact) mass is 255 g/mol. The van der Waals surface area contributed by atoms with Gasteiger partial charge in [-0.15, -0.1) is 0 Å². The molecule has 2 rings (SSSR count). The highest BCUT2D eigenvalue weighted by atomic mass is 35.5. The third-order valence-corrected chi connectivity index (χ3v) is 2.72. The molecule has 1 fully saturated rings. The lowest BCUT2D eigenvalue weighted by Gasteiger charge is -2.11. The van der Waals surface area contributed by atoms with Gasteiger partial charge >= 0.3 is 5.97 Å². The molecule has 0 spiro atoms. The first-order chi connectivity index (χ1) is 8.24. The number of hydrogen-bond donors (Lipinski definition) is 1. The fourth-order valence-electron chi connectivity index (χ4n) is 1.58. The molecular formula is C12H14ClNO3. The molecule has 1 heterocycles. The van der Waals surface area contributed by atoms with Crippen molar-refractivity contribution in [2.24, 2.45) is 0 Å². The summed E-state index contributed by atoms with van der Waals surface area (Å²) in [5, 5.41) is 3.64. The third kappa shape index (κ3) is 3.91. The molecule has 0 aromatic heterocycles. The summed E-state index contributed by atoms with van der Waals surface area (Å²) in [4.78, 5) is 11.5. The van der Waals surface area contributed by atoms with Gasteiger partial charge in [-0.1, -0.05) is 11.6 Å². The van der Waals surface area contributed by atoms with Crippen LogP contribution in [-0.4, -0.2) is 31.8 Å². The van der Waals surface area contributed by atoms with Crippen molar-refractivity contribution in [3.63, 3.8) is 0 Å². The van der Waals surface area contributed by atoms with Crippen molar-refractivity contribution in [1.82, 2.24) is 0 Å². The average molecular weight is 256 g/mol. The molecule has 1 unspecified atom stereocenters. The minimum atomic E-state index is -0.268. The minimum absolute atomic E-state index is 0.0884. The summed E-state index contributed by atoms with van der Waals surface area (Å²) in [6.07, 6.45) is 0.696. The second-order valence-corrected chi connectivity index (χ2v) is 4.27. The summed E-state index contributed by atoms with van der Waals surface area (Å²) < 4.78 is 10.3. The van der Waals surface area contributed by atoms with E-state index in [9.17, 15) is 4.79 Å². The smallest absolute Gasteiger partial charge is 0.325 e. The standard InChI is InChI=1S/C12H14ClNO3/c13-9-1-3-10(4-2-9)14-7-12(15)17-11-5-6-16-8-11/h1-4,11,14H,5-8H2. The Morgan fingerprint density at radius 2 is 2.24 bits per heavy atom. The van der Waals surface area contributed by atoms with Crippen LogP contribution in [0, 0.1) is 0 Å². The molecule has 1 saturated heterocycles. The predicted octanol–water partition coefficient (Wildman–Crippen LogP) is 2.08. The number of hydrogen-bond acceptors (Lipinski definition) is 4. The highest BCUT2D eigenvalue weighted by molar-refractivity contribution is 6.30. The summed E-state index contributed by atoms with van der Waals surface area (Å²) in [5.74, 6) is -0.268. The zero-order valence-corrected chi connectivity index (χ0v) is 10.1. The molecule has 5 heteroatoms. The van der Waals surface area contributed by atoms with Crippen LogP contribution in [0.15, 0.2) is 24.3 Å². The van der Waals surface area contributed by atoms with Gasteiger partial charge in [-0.05, 0) is 24.3 Å². The van der Waals surface area contributed by atoms with Crippen LogP contribution in [-0.2, 0) is 14.3 Å². The van der Waals surface area contributed by atoms with Crippen LogP contribution in [0.3, 0.4) is 0 Å². The van der Waals surface area contributed by atoms with Crippen LogP contribution < -0.4 is 5.32 Å². The van der Waals surface area contributed by atoms with E-state index in [0.717, 1.165) is 12.1 Å². The molecule has 4 nitrogen and oxygen atoms in total. The Balaban J connectivity index is 1.73. The van der Waals surface area contributed by atoms with E-state index in [2.05, 4.69) is 5.32 Å². The van der Waals surface area contributed by atoms with Crippen LogP contribution in [0.4, 0.5) is 5.69 Å². The first kappa shape index (κ1) is 12.2. The van der Waals surface area contributed by atoms with Crippen molar-refractivity contribution in [3.05, 3.63) is 29.3 Å². The second-order valence-electron chi connectivity index (χ2n) is 3.84. The maximum Gasteiger partial charge on any atom is 0.325 e. The van der Waals surface area contributed by atoms with Gasteiger partial charge in [-0.2, -0.15) is 0 Å². The lowest BCUT2D eigenvalue weighted by molar-refractivity contribution is -0.146. The Hall–Kier alpha value is -1.26. The van der Waals surface area contributed by atoms with Gasteiger partial charge in [0.05, 0.1) is 13.2 Å². The first-order valence-corrected chi connectivity index (χ1v) is 5.88. The molecule has 92 valence electrons. The summed E-state index contributed by atoms with van der Waals surface area (Å²) in [7, 11) is 0. The number of rotatable bonds is 4. The molecule has 0 bridgehead atoms. The number of carbonyl (C=O) groups is 1. The Kier molecular flexibility index (Phi) is 4.23. The topological polar surface area (TPSA) is 47.6 Å². The maximum absolute atomic E-state index is 11.5. The summed E-state index contributed by atoms with van der Waals surface area (Å²) in [5.41, 5.74) is 0.842. The Labute approximate surface area is 105 Å². The SMILES string of the molecule is O=C(CNc1ccc(Cl)cc1)OC1CCOC1. The van der Waals surface area contributed by atoms with Crippen molar-refractivity contribution < 1.29 is 14.3 Å². The van der Waals surface area contributed by atoms with Gasteiger partial charge in [0.2, 0.25) is 0 Å². The van der Waals surface area contributed by atoms with Crippen molar-refractivity contribution in [2.45, 2.75) is 12.5 Å². The van der Waals surface area contributed by atoms with E-state index in [4.69, 9.17) is 21.1 Å². The van der Waals surface area contributed by atoms with E-state index in [0.29, 0.717) is 18.2 Å². The molecule has 0 amide bonds. The van der Waals surface area contributed by atoms with E-state index in [1.54, 1.807) is 12.1 Å². The van der Waals surface area contributed by atoms with Crippen LogP contribution >= 0.6 is 11.6 Å². The predicted molar refractivity (Wildman–Crippen MR) is 65.3 cm³/mol. The molecule has 1 aliphatic rings. The Morgan fingerprint density at radius 1 is 1.47 bits per heavy atom. The van der Waals surface area contributed by atoms with Gasteiger partial charge in [0, 0.05) is 17.1 Å². The van der Waals surface area contributed by atoms with E-state index in [-0.39, 0.29) is 18.6 Å². The molecule has 0 aliphatic carbocycles. The highest BCUT2D eigenvalue weighted by Gasteiger charge is 2.19. The summed E-state index contributed by atoms with van der Waals surface area (Å²) >= 11 is 5.75. The maximum atomic E-state index is 11.5. The van der Waals surface area contributed by atoms with Gasteiger partial charge in [0.15, 0.2) is 0 Å². The number of anilines is 1. The normalized spacial score (nSPS) is 19.0. The number of halogens is 1. The van der Waals surface area contributed by atoms with E-state index < -0.39 is 0 Å². The summed E-state index contributed by atoms with van der Waals surface area (Å²) in [6.45, 7) is 1.33. The largest absolute Gasteiger partial charge is 0.459 e. The average Bonchev–Trinajstić information content (AvgIpc) is 2.81. The van der Waals surface area contributed by atoms with Gasteiger partial charge in [0.1, 0.15) is 12.6 Å². The molecule has 17 heavy (non-hydrogen) atoms. The van der Waals surface area contributed by atoms with Crippen molar-refractivity contribution in [1.29, 1.82) is 0 Å². The Bertz CT molecular complexity index is 374. The molecular weight excluding hydrogens is 242 g/mol. The highest BCUT2D eigenvalue weighted by Crippen LogP contribution is 2.13. The zero-order chi connectivity index (χ0) is 12.1. The van der Waals surface area contributed by atoms with Gasteiger partial charge < -0.3 is 14.8 Å². The third-order valence-electron chi connectivity index (χ3n) is 2.47. The number of benzene rings is 1. The lowest BCUT2D eigenvalue weighted by Crippen LogP contribution is -2.23. The number of esters is 1. The number of carbonyl (C=O) groups excluding carboxylic acids is 1. The molecule has 1 aromatic rings. The zero-order valence-electron chi connectivity index (χ0n) is 9.32. The Morgan fingerprint density at radius 3 is 2.88 bits per heavy atom. The van der Waals surface area contributed by atoms with Crippen molar-refractivity contribution in [2.75, 3.05) is 25.1 Å². The quantitative estimate of drug-likeness (QED) is 0.837. The first-order valence-electron chi connectivity index (χ1n) is 5.51. The van der Waals surface area contributed by atoms with E-state index >= 15 is 0 Å². The fourth-order valence-corrected chi connectivity index (χ4v) is 1.70. The van der Waals surface area contributed by atoms with E-state index in [1.807, 2.05) is 12.1 Å². The lowest BCUT2D eigenvalue weighted by atomic mass is 10.3. The van der Waals surface area contributed by atoms with Gasteiger partial charge in [0.25, 0.3) is 0 Å². The van der Waals surface area contributed by atoms with Crippen molar-refractivity contribution >= 4 is 23.3 Å². The molecule has 0 radical (unpaired) electrons. The molecule has 1 aliphatic heterocycles. The van der Waals surface area contributed by atoms with Crippen LogP contribution in [0.5, 0.6) is 0 Å². The molecule has 1 aromatic carbocycles. The fraction of sp³-hybridized carbons (Fsp3) is 0.417. The van der Waals surface area contributed by atoms with Gasteiger partial charge in [-0.3, -0.25) is 4.79 Å². The van der Waals surface area contributed by atoms with Crippen LogP contribution in [0.2, 0.25) is 5.02 Å². The molecule has 0 saturated carbocycles. The summed E-state index contributed by atoms with van der Waals surface area (Å²) in [6, 6.07) is 7.16. The molecule has 1 atom stereocenters. The minimum Gasteiger partial charge on any atom is -0.459 e. The second kappa shape index (κ2) is 5.89. The van der Waals surface area contributed by atoms with Crippen LogP contribution in [0.25, 0.3) is 0 Å². The number of nitrogens with one attached hydrogen (secondary N) is 1. The molecule has 1 N–H and O–H groups in total. The van der Waals surface area contributed by atoms with E-state index in [1.165, 1.54) is 0 Å².